The Morgan fingerprint density at radius 2 is 2.25 bits per heavy atom. The zero-order valence-electron chi connectivity index (χ0n) is 6.83. The molecular weight excluding hydrogens is 148 g/mol. The SMILES string of the molecule is NCCc1cccc2c1C=C[N]2. The summed E-state index contributed by atoms with van der Waals surface area (Å²) >= 11 is 0. The molecule has 1 radical (unpaired) electrons. The van der Waals surface area contributed by atoms with Crippen molar-refractivity contribution in [2.24, 2.45) is 5.73 Å². The van der Waals surface area contributed by atoms with E-state index >= 15 is 0 Å². The highest BCUT2D eigenvalue weighted by Gasteiger charge is 2.08. The molecule has 0 saturated carbocycles. The molecule has 1 heterocycles. The summed E-state index contributed by atoms with van der Waals surface area (Å²) in [5.41, 5.74) is 9.11. The molecule has 0 fully saturated rings. The zero-order chi connectivity index (χ0) is 8.39. The van der Waals surface area contributed by atoms with Crippen molar-refractivity contribution in [3.63, 3.8) is 0 Å². The normalized spacial score (nSPS) is 12.8. The third-order valence-electron chi connectivity index (χ3n) is 2.04. The summed E-state index contributed by atoms with van der Waals surface area (Å²) < 4.78 is 0. The lowest BCUT2D eigenvalue weighted by Crippen LogP contribution is -2.03. The minimum absolute atomic E-state index is 0.699. The fourth-order valence-electron chi connectivity index (χ4n) is 1.47. The van der Waals surface area contributed by atoms with Crippen LogP contribution in [0.3, 0.4) is 0 Å². The number of nitrogens with zero attached hydrogens (tertiary/aromatic N) is 1. The van der Waals surface area contributed by atoms with Crippen LogP contribution in [0.25, 0.3) is 6.08 Å². The van der Waals surface area contributed by atoms with E-state index in [-0.39, 0.29) is 0 Å². The van der Waals surface area contributed by atoms with E-state index in [4.69, 9.17) is 5.73 Å². The Hall–Kier alpha value is -1.28. The second-order valence-corrected chi connectivity index (χ2v) is 2.83. The molecule has 1 aromatic rings. The molecule has 0 amide bonds. The van der Waals surface area contributed by atoms with Crippen molar-refractivity contribution in [2.75, 3.05) is 6.54 Å². The van der Waals surface area contributed by atoms with Gasteiger partial charge >= 0.3 is 0 Å². The second kappa shape index (κ2) is 2.99. The van der Waals surface area contributed by atoms with Gasteiger partial charge in [0.2, 0.25) is 0 Å². The smallest absolute Gasteiger partial charge is 0.0705 e. The van der Waals surface area contributed by atoms with Crippen molar-refractivity contribution < 1.29 is 0 Å². The van der Waals surface area contributed by atoms with Gasteiger partial charge in [-0.15, -0.1) is 0 Å². The van der Waals surface area contributed by atoms with Crippen LogP contribution in [0, 0.1) is 0 Å². The summed E-state index contributed by atoms with van der Waals surface area (Å²) in [6.07, 6.45) is 4.81. The van der Waals surface area contributed by atoms with Crippen LogP contribution in [0.5, 0.6) is 0 Å². The molecule has 0 saturated heterocycles. The molecule has 12 heavy (non-hydrogen) atoms. The Kier molecular flexibility index (Phi) is 1.84. The molecule has 2 heteroatoms. The van der Waals surface area contributed by atoms with Crippen LogP contribution in [0.4, 0.5) is 5.69 Å². The van der Waals surface area contributed by atoms with E-state index in [9.17, 15) is 0 Å². The summed E-state index contributed by atoms with van der Waals surface area (Å²) in [5, 5.41) is 4.22. The number of hydrogen-bond donors (Lipinski definition) is 1. The fourth-order valence-corrected chi connectivity index (χ4v) is 1.47. The number of rotatable bonds is 2. The third-order valence-corrected chi connectivity index (χ3v) is 2.04. The highest BCUT2D eigenvalue weighted by molar-refractivity contribution is 5.71. The molecular formula is C10H11N2. The van der Waals surface area contributed by atoms with Gasteiger partial charge in [0, 0.05) is 11.8 Å². The van der Waals surface area contributed by atoms with E-state index in [1.165, 1.54) is 11.1 Å². The van der Waals surface area contributed by atoms with E-state index in [0.717, 1.165) is 12.1 Å². The molecule has 0 aliphatic carbocycles. The summed E-state index contributed by atoms with van der Waals surface area (Å²) in [7, 11) is 0. The van der Waals surface area contributed by atoms with Crippen LogP contribution in [0.1, 0.15) is 11.1 Å². The molecule has 1 aliphatic heterocycles. The molecule has 2 N–H and O–H groups in total. The van der Waals surface area contributed by atoms with Crippen molar-refractivity contribution in [2.45, 2.75) is 6.42 Å². The van der Waals surface area contributed by atoms with E-state index in [1.807, 2.05) is 24.4 Å². The Bertz CT molecular complexity index is 316. The van der Waals surface area contributed by atoms with Crippen LogP contribution in [0.15, 0.2) is 24.4 Å². The monoisotopic (exact) mass is 159 g/mol. The van der Waals surface area contributed by atoms with Gasteiger partial charge in [-0.05, 0) is 30.7 Å². The van der Waals surface area contributed by atoms with Crippen LogP contribution in [-0.4, -0.2) is 6.54 Å². The summed E-state index contributed by atoms with van der Waals surface area (Å²) in [6, 6.07) is 6.16. The first-order valence-corrected chi connectivity index (χ1v) is 4.11. The average molecular weight is 159 g/mol. The van der Waals surface area contributed by atoms with Crippen molar-refractivity contribution in [3.05, 3.63) is 35.5 Å². The summed E-state index contributed by atoms with van der Waals surface area (Å²) in [4.78, 5) is 0. The Labute approximate surface area is 72.1 Å². The highest BCUT2D eigenvalue weighted by Crippen LogP contribution is 2.26. The van der Waals surface area contributed by atoms with E-state index in [2.05, 4.69) is 11.4 Å². The third kappa shape index (κ3) is 1.10. The molecule has 0 atom stereocenters. The standard InChI is InChI=1S/C10H11N2/c11-6-4-8-2-1-3-10-9(8)5-7-12-10/h1-3,5,7H,4,6,11H2. The second-order valence-electron chi connectivity index (χ2n) is 2.83. The minimum Gasteiger partial charge on any atom is -0.330 e. The molecule has 2 rings (SSSR count). The largest absolute Gasteiger partial charge is 0.330 e. The topological polar surface area (TPSA) is 40.1 Å². The van der Waals surface area contributed by atoms with Gasteiger partial charge in [0.15, 0.2) is 0 Å². The first kappa shape index (κ1) is 7.37. The average Bonchev–Trinajstić information content (AvgIpc) is 2.53. The van der Waals surface area contributed by atoms with E-state index in [0.29, 0.717) is 6.54 Å². The molecule has 0 aromatic heterocycles. The van der Waals surface area contributed by atoms with Crippen LogP contribution in [0.2, 0.25) is 0 Å². The van der Waals surface area contributed by atoms with Gasteiger partial charge in [0.1, 0.15) is 0 Å². The lowest BCUT2D eigenvalue weighted by Gasteiger charge is -2.04. The fraction of sp³-hybridized carbons (Fsp3) is 0.200. The van der Waals surface area contributed by atoms with Gasteiger partial charge in [0.25, 0.3) is 0 Å². The van der Waals surface area contributed by atoms with Gasteiger partial charge in [0.05, 0.1) is 5.69 Å². The first-order valence-electron chi connectivity index (χ1n) is 4.11. The van der Waals surface area contributed by atoms with Crippen molar-refractivity contribution in [1.29, 1.82) is 0 Å². The summed E-state index contributed by atoms with van der Waals surface area (Å²) in [6.45, 7) is 0.699. The molecule has 0 unspecified atom stereocenters. The predicted octanol–water partition coefficient (Wildman–Crippen LogP) is 1.41. The number of benzene rings is 1. The Balaban J connectivity index is 2.41. The zero-order valence-corrected chi connectivity index (χ0v) is 6.83. The van der Waals surface area contributed by atoms with Gasteiger partial charge in [-0.2, -0.15) is 0 Å². The molecule has 0 spiro atoms. The molecule has 61 valence electrons. The Morgan fingerprint density at radius 1 is 1.33 bits per heavy atom. The number of hydrogen-bond acceptors (Lipinski definition) is 1. The van der Waals surface area contributed by atoms with E-state index in [1.54, 1.807) is 0 Å². The quantitative estimate of drug-likeness (QED) is 0.696. The van der Waals surface area contributed by atoms with Crippen molar-refractivity contribution in [3.8, 4) is 0 Å². The van der Waals surface area contributed by atoms with Crippen LogP contribution >= 0.6 is 0 Å². The maximum atomic E-state index is 5.50. The molecule has 2 nitrogen and oxygen atoms in total. The number of nitrogens with two attached hydrogens (primary N) is 1. The maximum Gasteiger partial charge on any atom is 0.0705 e. The lowest BCUT2D eigenvalue weighted by atomic mass is 10.0. The van der Waals surface area contributed by atoms with Gasteiger partial charge in [-0.25, -0.2) is 0 Å². The predicted molar refractivity (Wildman–Crippen MR) is 50.0 cm³/mol. The molecule has 1 aliphatic rings. The minimum atomic E-state index is 0.699. The lowest BCUT2D eigenvalue weighted by molar-refractivity contribution is 0.965. The molecule has 1 aromatic carbocycles. The van der Waals surface area contributed by atoms with E-state index < -0.39 is 0 Å². The maximum absolute atomic E-state index is 5.50. The highest BCUT2D eigenvalue weighted by atomic mass is 14.9. The van der Waals surface area contributed by atoms with Crippen LogP contribution < -0.4 is 11.1 Å². The first-order chi connectivity index (χ1) is 5.92. The summed E-state index contributed by atoms with van der Waals surface area (Å²) in [5.74, 6) is 0. The molecule has 0 bridgehead atoms. The van der Waals surface area contributed by atoms with Gasteiger partial charge in [-0.1, -0.05) is 12.1 Å². The number of fused-ring (bicyclic) bond motifs is 1. The van der Waals surface area contributed by atoms with Crippen LogP contribution in [-0.2, 0) is 6.42 Å². The van der Waals surface area contributed by atoms with Crippen molar-refractivity contribution >= 4 is 11.8 Å². The van der Waals surface area contributed by atoms with Gasteiger partial charge < -0.3 is 5.73 Å². The van der Waals surface area contributed by atoms with Gasteiger partial charge in [-0.3, -0.25) is 5.32 Å². The Morgan fingerprint density at radius 3 is 3.08 bits per heavy atom. The van der Waals surface area contributed by atoms with Crippen molar-refractivity contribution in [1.82, 2.24) is 5.32 Å².